The van der Waals surface area contributed by atoms with Crippen LogP contribution in [0, 0.1) is 0 Å². The summed E-state index contributed by atoms with van der Waals surface area (Å²) in [5.74, 6) is 0. The molecule has 0 aliphatic rings. The van der Waals surface area contributed by atoms with E-state index in [1.54, 1.807) is 48.5 Å². The Hall–Kier alpha value is -2.36. The summed E-state index contributed by atoms with van der Waals surface area (Å²) in [6, 6.07) is 20.4. The Morgan fingerprint density at radius 1 is 0.593 bits per heavy atom. The molecule has 0 aromatic heterocycles. The van der Waals surface area contributed by atoms with Crippen LogP contribution in [0.4, 0.5) is 11.4 Å². The highest BCUT2D eigenvalue weighted by atomic mass is 79.9. The first-order valence-electron chi connectivity index (χ1n) is 7.73. The maximum Gasteiger partial charge on any atom is 0.263 e. The molecule has 0 radical (unpaired) electrons. The van der Waals surface area contributed by atoms with Gasteiger partial charge in [0.05, 0.1) is 4.90 Å². The smallest absolute Gasteiger partial charge is 0.263 e. The van der Waals surface area contributed by atoms with Crippen molar-refractivity contribution in [2.24, 2.45) is 0 Å². The van der Waals surface area contributed by atoms with Crippen molar-refractivity contribution in [3.05, 3.63) is 83.3 Å². The average Bonchev–Trinajstić information content (AvgIpc) is 2.62. The van der Waals surface area contributed by atoms with Gasteiger partial charge in [-0.15, -0.1) is 0 Å². The molecule has 2 N–H and O–H groups in total. The molecule has 27 heavy (non-hydrogen) atoms. The Bertz CT molecular complexity index is 1150. The maximum atomic E-state index is 12.5. The molecule has 0 unspecified atom stereocenters. The number of sulfonamides is 2. The van der Waals surface area contributed by atoms with E-state index < -0.39 is 20.0 Å². The van der Waals surface area contributed by atoms with Gasteiger partial charge in [-0.2, -0.15) is 0 Å². The SMILES string of the molecule is O=S(=O)(Nc1ccccc1)c1ccc(NS(=O)(=O)c2ccccc2Br)cc1. The molecule has 0 atom stereocenters. The van der Waals surface area contributed by atoms with E-state index >= 15 is 0 Å². The number of hydrogen-bond donors (Lipinski definition) is 2. The topological polar surface area (TPSA) is 92.3 Å². The first-order chi connectivity index (χ1) is 12.8. The molecular weight excluding hydrogens is 452 g/mol. The Morgan fingerprint density at radius 2 is 1.11 bits per heavy atom. The molecule has 6 nitrogen and oxygen atoms in total. The van der Waals surface area contributed by atoms with Crippen LogP contribution in [0.25, 0.3) is 0 Å². The summed E-state index contributed by atoms with van der Waals surface area (Å²) in [4.78, 5) is 0.114. The maximum absolute atomic E-state index is 12.5. The number of rotatable bonds is 6. The van der Waals surface area contributed by atoms with Gasteiger partial charge in [-0.05, 0) is 64.5 Å². The molecule has 0 bridgehead atoms. The molecule has 3 aromatic rings. The van der Waals surface area contributed by atoms with E-state index in [1.165, 1.54) is 30.3 Å². The van der Waals surface area contributed by atoms with Gasteiger partial charge in [0, 0.05) is 15.8 Å². The molecule has 3 aromatic carbocycles. The molecule has 0 heterocycles. The van der Waals surface area contributed by atoms with Crippen LogP contribution >= 0.6 is 15.9 Å². The van der Waals surface area contributed by atoms with Crippen LogP contribution < -0.4 is 9.44 Å². The molecule has 140 valence electrons. The fourth-order valence-corrected chi connectivity index (χ4v) is 5.42. The third-order valence-electron chi connectivity index (χ3n) is 3.57. The lowest BCUT2D eigenvalue weighted by Gasteiger charge is -2.11. The summed E-state index contributed by atoms with van der Waals surface area (Å²) in [6.45, 7) is 0. The Morgan fingerprint density at radius 3 is 1.74 bits per heavy atom. The fraction of sp³-hybridized carbons (Fsp3) is 0. The zero-order valence-corrected chi connectivity index (χ0v) is 17.1. The normalized spacial score (nSPS) is 11.7. The number of anilines is 2. The van der Waals surface area contributed by atoms with Gasteiger partial charge in [-0.3, -0.25) is 9.44 Å². The third-order valence-corrected chi connectivity index (χ3v) is 7.36. The molecule has 0 saturated heterocycles. The van der Waals surface area contributed by atoms with Crippen molar-refractivity contribution >= 4 is 47.4 Å². The largest absolute Gasteiger partial charge is 0.280 e. The summed E-state index contributed by atoms with van der Waals surface area (Å²) in [6.07, 6.45) is 0. The number of para-hydroxylation sites is 1. The standard InChI is InChI=1S/C18H15BrN2O4S2/c19-17-8-4-5-9-18(17)27(24,25)21-15-10-12-16(13-11-15)26(22,23)20-14-6-2-1-3-7-14/h1-13,20-21H. The van der Waals surface area contributed by atoms with Crippen LogP contribution in [0.2, 0.25) is 0 Å². The summed E-state index contributed by atoms with van der Waals surface area (Å²) in [5.41, 5.74) is 0.695. The van der Waals surface area contributed by atoms with Gasteiger partial charge in [-0.25, -0.2) is 16.8 Å². The van der Waals surface area contributed by atoms with Gasteiger partial charge < -0.3 is 0 Å². The van der Waals surface area contributed by atoms with Crippen LogP contribution in [0.5, 0.6) is 0 Å². The third kappa shape index (κ3) is 4.68. The predicted molar refractivity (Wildman–Crippen MR) is 109 cm³/mol. The highest BCUT2D eigenvalue weighted by molar-refractivity contribution is 9.10. The monoisotopic (exact) mass is 466 g/mol. The number of nitrogens with one attached hydrogen (secondary N) is 2. The van der Waals surface area contributed by atoms with E-state index in [1.807, 2.05) is 0 Å². The van der Waals surface area contributed by atoms with Crippen molar-refractivity contribution in [1.82, 2.24) is 0 Å². The van der Waals surface area contributed by atoms with Gasteiger partial charge in [0.25, 0.3) is 20.0 Å². The van der Waals surface area contributed by atoms with Crippen LogP contribution in [0.15, 0.2) is 93.1 Å². The fourth-order valence-electron chi connectivity index (χ4n) is 2.30. The van der Waals surface area contributed by atoms with Gasteiger partial charge in [0.15, 0.2) is 0 Å². The summed E-state index contributed by atoms with van der Waals surface area (Å²) >= 11 is 3.21. The van der Waals surface area contributed by atoms with E-state index in [-0.39, 0.29) is 15.5 Å². The number of halogens is 1. The molecular formula is C18H15BrN2O4S2. The van der Waals surface area contributed by atoms with Gasteiger partial charge in [0.2, 0.25) is 0 Å². The molecule has 9 heteroatoms. The zero-order valence-electron chi connectivity index (χ0n) is 13.8. The van der Waals surface area contributed by atoms with E-state index in [4.69, 9.17) is 0 Å². The van der Waals surface area contributed by atoms with Crippen molar-refractivity contribution in [3.8, 4) is 0 Å². The minimum Gasteiger partial charge on any atom is -0.280 e. The quantitative estimate of drug-likeness (QED) is 0.572. The van der Waals surface area contributed by atoms with Gasteiger partial charge >= 0.3 is 0 Å². The Kier molecular flexibility index (Phi) is 5.54. The second-order valence-electron chi connectivity index (χ2n) is 5.53. The zero-order chi connectivity index (χ0) is 19.5. The summed E-state index contributed by atoms with van der Waals surface area (Å²) in [7, 11) is -7.57. The highest BCUT2D eigenvalue weighted by Gasteiger charge is 2.18. The lowest BCUT2D eigenvalue weighted by atomic mass is 10.3. The molecule has 0 aliphatic heterocycles. The lowest BCUT2D eigenvalue weighted by molar-refractivity contribution is 0.599. The van der Waals surface area contributed by atoms with Crippen molar-refractivity contribution in [2.45, 2.75) is 9.79 Å². The van der Waals surface area contributed by atoms with Crippen LogP contribution in [-0.4, -0.2) is 16.8 Å². The predicted octanol–water partition coefficient (Wildman–Crippen LogP) is 4.05. The second kappa shape index (κ2) is 7.71. The van der Waals surface area contributed by atoms with E-state index in [2.05, 4.69) is 25.4 Å². The molecule has 0 fully saturated rings. The van der Waals surface area contributed by atoms with E-state index in [0.29, 0.717) is 10.2 Å². The van der Waals surface area contributed by atoms with Crippen LogP contribution in [-0.2, 0) is 20.0 Å². The van der Waals surface area contributed by atoms with Crippen molar-refractivity contribution in [3.63, 3.8) is 0 Å². The molecule has 0 spiro atoms. The molecule has 0 aliphatic carbocycles. The van der Waals surface area contributed by atoms with Crippen molar-refractivity contribution < 1.29 is 16.8 Å². The Labute approximate surface area is 166 Å². The van der Waals surface area contributed by atoms with Crippen LogP contribution in [0.3, 0.4) is 0 Å². The van der Waals surface area contributed by atoms with Crippen LogP contribution in [0.1, 0.15) is 0 Å². The molecule has 0 amide bonds. The van der Waals surface area contributed by atoms with E-state index in [0.717, 1.165) is 0 Å². The van der Waals surface area contributed by atoms with Gasteiger partial charge in [-0.1, -0.05) is 30.3 Å². The van der Waals surface area contributed by atoms with E-state index in [9.17, 15) is 16.8 Å². The first kappa shape index (κ1) is 19.4. The second-order valence-corrected chi connectivity index (χ2v) is 9.72. The summed E-state index contributed by atoms with van der Waals surface area (Å²) < 4.78 is 55.1. The summed E-state index contributed by atoms with van der Waals surface area (Å²) in [5, 5.41) is 0. The average molecular weight is 467 g/mol. The molecule has 3 rings (SSSR count). The molecule has 0 saturated carbocycles. The minimum absolute atomic E-state index is 0.0233. The lowest BCUT2D eigenvalue weighted by Crippen LogP contribution is -2.15. The Balaban J connectivity index is 1.80. The first-order valence-corrected chi connectivity index (χ1v) is 11.5. The van der Waals surface area contributed by atoms with Crippen molar-refractivity contribution in [1.29, 1.82) is 0 Å². The van der Waals surface area contributed by atoms with Crippen molar-refractivity contribution in [2.75, 3.05) is 9.44 Å². The number of hydrogen-bond acceptors (Lipinski definition) is 4. The van der Waals surface area contributed by atoms with Gasteiger partial charge in [0.1, 0.15) is 4.90 Å². The highest BCUT2D eigenvalue weighted by Crippen LogP contribution is 2.24. The number of benzene rings is 3. The minimum atomic E-state index is -3.80.